The van der Waals surface area contributed by atoms with Crippen LogP contribution in [0.3, 0.4) is 0 Å². The highest BCUT2D eigenvalue weighted by Crippen LogP contribution is 2.31. The van der Waals surface area contributed by atoms with E-state index in [1.807, 2.05) is 24.3 Å². The van der Waals surface area contributed by atoms with Crippen molar-refractivity contribution in [3.05, 3.63) is 70.8 Å². The van der Waals surface area contributed by atoms with E-state index in [1.54, 1.807) is 4.90 Å². The molecule has 2 aromatic rings. The van der Waals surface area contributed by atoms with Gasteiger partial charge in [-0.05, 0) is 42.0 Å². The zero-order valence-corrected chi connectivity index (χ0v) is 20.0. The van der Waals surface area contributed by atoms with Crippen LogP contribution in [0.2, 0.25) is 0 Å². The predicted molar refractivity (Wildman–Crippen MR) is 132 cm³/mol. The molecule has 2 saturated heterocycles. The van der Waals surface area contributed by atoms with Crippen LogP contribution in [-0.4, -0.2) is 58.7 Å². The first kappa shape index (κ1) is 23.7. The first-order valence-electron chi connectivity index (χ1n) is 12.4. The minimum absolute atomic E-state index is 0.137. The van der Waals surface area contributed by atoms with Crippen LogP contribution in [0, 0.1) is 0 Å². The summed E-state index contributed by atoms with van der Waals surface area (Å²) < 4.78 is 0. The summed E-state index contributed by atoms with van der Waals surface area (Å²) in [5.74, 6) is -0.798. The van der Waals surface area contributed by atoms with Crippen molar-refractivity contribution in [3.8, 4) is 0 Å². The molecule has 184 valence electrons. The molecule has 8 heteroatoms. The van der Waals surface area contributed by atoms with Gasteiger partial charge in [0.2, 0.25) is 11.8 Å². The van der Waals surface area contributed by atoms with Crippen molar-refractivity contribution in [2.75, 3.05) is 19.6 Å². The van der Waals surface area contributed by atoms with Crippen LogP contribution >= 0.6 is 0 Å². The molecule has 1 atom stereocenters. The number of fused-ring (bicyclic) bond motifs is 1. The second-order valence-electron chi connectivity index (χ2n) is 9.94. The van der Waals surface area contributed by atoms with Gasteiger partial charge in [0.15, 0.2) is 0 Å². The van der Waals surface area contributed by atoms with Crippen molar-refractivity contribution in [2.24, 2.45) is 5.73 Å². The van der Waals surface area contributed by atoms with Crippen LogP contribution < -0.4 is 16.4 Å². The minimum Gasteiger partial charge on any atom is -0.329 e. The Bertz CT molecular complexity index is 1110. The van der Waals surface area contributed by atoms with Crippen molar-refractivity contribution in [1.29, 1.82) is 0 Å². The Kier molecular flexibility index (Phi) is 6.69. The minimum atomic E-state index is -0.599. The molecule has 0 radical (unpaired) electrons. The van der Waals surface area contributed by atoms with Crippen LogP contribution in [0.5, 0.6) is 0 Å². The van der Waals surface area contributed by atoms with Gasteiger partial charge in [-0.1, -0.05) is 42.5 Å². The van der Waals surface area contributed by atoms with Crippen molar-refractivity contribution < 1.29 is 14.4 Å². The van der Waals surface area contributed by atoms with Gasteiger partial charge in [-0.2, -0.15) is 0 Å². The van der Waals surface area contributed by atoms with E-state index in [9.17, 15) is 14.4 Å². The number of hydrogen-bond acceptors (Lipinski definition) is 6. The van der Waals surface area contributed by atoms with E-state index in [0.717, 1.165) is 43.6 Å². The molecule has 5 rings (SSSR count). The number of imide groups is 1. The molecular weight excluding hydrogens is 442 g/mol. The van der Waals surface area contributed by atoms with E-state index in [2.05, 4.69) is 39.8 Å². The number of hydrogen-bond donors (Lipinski definition) is 3. The first-order chi connectivity index (χ1) is 17.0. The lowest BCUT2D eigenvalue weighted by molar-refractivity contribution is -0.136. The molecule has 3 heterocycles. The Morgan fingerprint density at radius 2 is 1.80 bits per heavy atom. The highest BCUT2D eigenvalue weighted by molar-refractivity contribution is 6.05. The van der Waals surface area contributed by atoms with Crippen LogP contribution in [0.4, 0.5) is 0 Å². The zero-order valence-electron chi connectivity index (χ0n) is 20.0. The third-order valence-corrected chi connectivity index (χ3v) is 7.79. The van der Waals surface area contributed by atoms with Gasteiger partial charge in [-0.15, -0.1) is 0 Å². The number of amides is 3. The second-order valence-corrected chi connectivity index (χ2v) is 9.94. The maximum absolute atomic E-state index is 13.1. The molecule has 3 amide bonds. The van der Waals surface area contributed by atoms with Crippen molar-refractivity contribution in [3.63, 3.8) is 0 Å². The molecule has 0 bridgehead atoms. The smallest absolute Gasteiger partial charge is 0.255 e. The van der Waals surface area contributed by atoms with Gasteiger partial charge in [-0.3, -0.25) is 24.6 Å². The molecule has 8 nitrogen and oxygen atoms in total. The maximum Gasteiger partial charge on any atom is 0.255 e. The Balaban J connectivity index is 1.23. The SMILES string of the molecule is NCC1(NCc2cccc3c2CN(C2CCC(=O)NC2=O)C3=O)CCN(Cc2ccccc2)CC1. The molecule has 3 aliphatic rings. The maximum atomic E-state index is 13.1. The number of nitrogens with two attached hydrogens (primary N) is 1. The van der Waals surface area contributed by atoms with Crippen LogP contribution in [0.25, 0.3) is 0 Å². The van der Waals surface area contributed by atoms with E-state index in [0.29, 0.717) is 31.6 Å². The molecule has 0 spiro atoms. The fourth-order valence-electron chi connectivity index (χ4n) is 5.53. The van der Waals surface area contributed by atoms with Gasteiger partial charge in [-0.25, -0.2) is 0 Å². The Morgan fingerprint density at radius 1 is 1.03 bits per heavy atom. The number of nitrogens with zero attached hydrogens (tertiary/aromatic N) is 2. The standard InChI is InChI=1S/C27H33N5O3/c28-18-27(11-13-31(14-12-27)16-19-5-2-1-3-6-19)29-15-20-7-4-8-21-22(20)17-32(26(21)35)23-9-10-24(33)30-25(23)34/h1-8,23,29H,9-18,28H2,(H,30,33,34). The number of rotatable bonds is 7. The van der Waals surface area contributed by atoms with E-state index in [1.165, 1.54) is 5.56 Å². The van der Waals surface area contributed by atoms with Gasteiger partial charge in [0.25, 0.3) is 5.91 Å². The topological polar surface area (TPSA) is 108 Å². The molecule has 2 fully saturated rings. The third kappa shape index (κ3) is 4.87. The van der Waals surface area contributed by atoms with Crippen molar-refractivity contribution in [1.82, 2.24) is 20.4 Å². The molecule has 0 saturated carbocycles. The molecule has 0 aromatic heterocycles. The monoisotopic (exact) mass is 475 g/mol. The largest absolute Gasteiger partial charge is 0.329 e. The summed E-state index contributed by atoms with van der Waals surface area (Å²) in [6.07, 6.45) is 2.55. The summed E-state index contributed by atoms with van der Waals surface area (Å²) in [4.78, 5) is 41.1. The summed E-state index contributed by atoms with van der Waals surface area (Å²) in [6, 6.07) is 15.7. The lowest BCUT2D eigenvalue weighted by atomic mass is 9.86. The molecule has 1 unspecified atom stereocenters. The van der Waals surface area contributed by atoms with Crippen molar-refractivity contribution >= 4 is 17.7 Å². The Hall–Kier alpha value is -3.07. The van der Waals surface area contributed by atoms with E-state index in [4.69, 9.17) is 5.73 Å². The summed E-state index contributed by atoms with van der Waals surface area (Å²) in [7, 11) is 0. The number of likely N-dealkylation sites (tertiary alicyclic amines) is 1. The summed E-state index contributed by atoms with van der Waals surface area (Å²) in [5, 5.41) is 6.10. The Morgan fingerprint density at radius 3 is 2.51 bits per heavy atom. The lowest BCUT2D eigenvalue weighted by Gasteiger charge is -2.42. The molecule has 2 aromatic carbocycles. The molecule has 0 aliphatic carbocycles. The molecular formula is C27H33N5O3. The summed E-state index contributed by atoms with van der Waals surface area (Å²) in [5.41, 5.74) is 10.1. The predicted octanol–water partition coefficient (Wildman–Crippen LogP) is 1.53. The van der Waals surface area contributed by atoms with Crippen LogP contribution in [-0.2, 0) is 29.2 Å². The van der Waals surface area contributed by atoms with Gasteiger partial charge >= 0.3 is 0 Å². The Labute approximate surface area is 205 Å². The number of carbonyl (C=O) groups is 3. The number of nitrogens with one attached hydrogen (secondary N) is 2. The van der Waals surface area contributed by atoms with Crippen LogP contribution in [0.1, 0.15) is 52.7 Å². The second kappa shape index (κ2) is 9.89. The number of piperidine rings is 2. The van der Waals surface area contributed by atoms with E-state index < -0.39 is 6.04 Å². The van der Waals surface area contributed by atoms with Gasteiger partial charge in [0.05, 0.1) is 0 Å². The van der Waals surface area contributed by atoms with Crippen LogP contribution in [0.15, 0.2) is 48.5 Å². The molecule has 4 N–H and O–H groups in total. The summed E-state index contributed by atoms with van der Waals surface area (Å²) in [6.45, 7) is 4.48. The third-order valence-electron chi connectivity index (χ3n) is 7.79. The van der Waals surface area contributed by atoms with E-state index >= 15 is 0 Å². The molecule has 3 aliphatic heterocycles. The van der Waals surface area contributed by atoms with E-state index in [-0.39, 0.29) is 29.7 Å². The fourth-order valence-corrected chi connectivity index (χ4v) is 5.53. The lowest BCUT2D eigenvalue weighted by Crippen LogP contribution is -2.57. The number of benzene rings is 2. The first-order valence-corrected chi connectivity index (χ1v) is 12.4. The van der Waals surface area contributed by atoms with Gasteiger partial charge < -0.3 is 16.0 Å². The molecule has 35 heavy (non-hydrogen) atoms. The average Bonchev–Trinajstić information content (AvgIpc) is 3.21. The fraction of sp³-hybridized carbons (Fsp3) is 0.444. The van der Waals surface area contributed by atoms with Gasteiger partial charge in [0, 0.05) is 56.8 Å². The normalized spacial score (nSPS) is 22.3. The van der Waals surface area contributed by atoms with Gasteiger partial charge in [0.1, 0.15) is 6.04 Å². The van der Waals surface area contributed by atoms with Crippen molar-refractivity contribution in [2.45, 2.75) is 56.9 Å². The average molecular weight is 476 g/mol. The summed E-state index contributed by atoms with van der Waals surface area (Å²) >= 11 is 0. The highest BCUT2D eigenvalue weighted by Gasteiger charge is 2.40. The number of carbonyl (C=O) groups excluding carboxylic acids is 3. The highest BCUT2D eigenvalue weighted by atomic mass is 16.2. The quantitative estimate of drug-likeness (QED) is 0.525. The zero-order chi connectivity index (χ0) is 24.4.